The molecule has 0 unspecified atom stereocenters. The Bertz CT molecular complexity index is 523. The summed E-state index contributed by atoms with van der Waals surface area (Å²) in [7, 11) is 0. The highest BCUT2D eigenvalue weighted by Crippen LogP contribution is 2.27. The van der Waals surface area contributed by atoms with Gasteiger partial charge in [-0.3, -0.25) is 0 Å². The molecule has 0 fully saturated rings. The lowest BCUT2D eigenvalue weighted by atomic mass is 9.92. The maximum absolute atomic E-state index is 9.20. The molecule has 0 aliphatic heterocycles. The third-order valence-corrected chi connectivity index (χ3v) is 3.43. The molecule has 0 bridgehead atoms. The van der Waals surface area contributed by atoms with Gasteiger partial charge in [0, 0.05) is 5.69 Å². The molecule has 1 aromatic rings. The summed E-state index contributed by atoms with van der Waals surface area (Å²) in [5, 5.41) is 18.4. The molecular formula is C13H12ClN3. The molecule has 17 heavy (non-hydrogen) atoms. The van der Waals surface area contributed by atoms with Crippen LogP contribution < -0.4 is 0 Å². The summed E-state index contributed by atoms with van der Waals surface area (Å²) in [4.78, 5) is 4.29. The van der Waals surface area contributed by atoms with Crippen molar-refractivity contribution in [2.45, 2.75) is 38.5 Å². The Hall–Kier alpha value is -1.58. The highest BCUT2D eigenvalue weighted by molar-refractivity contribution is 6.30. The molecular weight excluding hydrogens is 234 g/mol. The monoisotopic (exact) mass is 245 g/mol. The van der Waals surface area contributed by atoms with Gasteiger partial charge >= 0.3 is 0 Å². The lowest BCUT2D eigenvalue weighted by molar-refractivity contribution is 0.608. The predicted molar refractivity (Wildman–Crippen MR) is 64.6 cm³/mol. The molecule has 0 amide bonds. The van der Waals surface area contributed by atoms with Gasteiger partial charge in [-0.05, 0) is 31.2 Å². The smallest absolute Gasteiger partial charge is 0.148 e. The average molecular weight is 246 g/mol. The lowest BCUT2D eigenvalue weighted by Crippen LogP contribution is -2.07. The molecule has 86 valence electrons. The summed E-state index contributed by atoms with van der Waals surface area (Å²) in [5.74, 6) is 0. The second kappa shape index (κ2) is 5.17. The Balaban J connectivity index is 2.62. The number of hydrogen-bond donors (Lipinski definition) is 0. The van der Waals surface area contributed by atoms with Gasteiger partial charge in [0.15, 0.2) is 0 Å². The van der Waals surface area contributed by atoms with Crippen LogP contribution in [0.1, 0.15) is 48.1 Å². The van der Waals surface area contributed by atoms with Crippen LogP contribution in [0.4, 0.5) is 0 Å². The van der Waals surface area contributed by atoms with E-state index in [1.807, 2.05) is 6.07 Å². The number of nitriles is 2. The number of rotatable bonds is 0. The minimum Gasteiger partial charge on any atom is -0.239 e. The van der Waals surface area contributed by atoms with Crippen LogP contribution in [0.2, 0.25) is 5.15 Å². The quantitative estimate of drug-likeness (QED) is 0.660. The molecule has 3 nitrogen and oxygen atoms in total. The Morgan fingerprint density at radius 2 is 1.59 bits per heavy atom. The maximum atomic E-state index is 9.20. The van der Waals surface area contributed by atoms with E-state index in [4.69, 9.17) is 16.9 Å². The van der Waals surface area contributed by atoms with E-state index >= 15 is 0 Å². The highest BCUT2D eigenvalue weighted by atomic mass is 35.5. The zero-order valence-corrected chi connectivity index (χ0v) is 10.2. The fraction of sp³-hybridized carbons (Fsp3) is 0.462. The summed E-state index contributed by atoms with van der Waals surface area (Å²) in [5.41, 5.74) is 2.51. The van der Waals surface area contributed by atoms with Crippen molar-refractivity contribution in [2.24, 2.45) is 0 Å². The largest absolute Gasteiger partial charge is 0.239 e. The second-order valence-corrected chi connectivity index (χ2v) is 4.57. The lowest BCUT2D eigenvalue weighted by Gasteiger charge is -2.15. The van der Waals surface area contributed by atoms with Gasteiger partial charge in [-0.15, -0.1) is 0 Å². The standard InChI is InChI=1S/C13H12ClN3/c14-13-11(8-16)10(7-15)9-5-3-1-2-4-6-12(9)17-13/h1-6H2. The van der Waals surface area contributed by atoms with Gasteiger partial charge in [-0.25, -0.2) is 4.98 Å². The minimum atomic E-state index is 0.170. The Kier molecular flexibility index (Phi) is 3.61. The van der Waals surface area contributed by atoms with Crippen molar-refractivity contribution in [2.75, 3.05) is 0 Å². The number of nitrogens with zero attached hydrogens (tertiary/aromatic N) is 3. The summed E-state index contributed by atoms with van der Waals surface area (Å²) in [6, 6.07) is 4.10. The Morgan fingerprint density at radius 1 is 0.941 bits per heavy atom. The van der Waals surface area contributed by atoms with Gasteiger partial charge in [0.1, 0.15) is 22.9 Å². The zero-order valence-electron chi connectivity index (χ0n) is 9.46. The third kappa shape index (κ3) is 2.25. The van der Waals surface area contributed by atoms with Crippen LogP contribution in [-0.4, -0.2) is 4.98 Å². The Morgan fingerprint density at radius 3 is 2.24 bits per heavy atom. The van der Waals surface area contributed by atoms with Crippen LogP contribution in [0.3, 0.4) is 0 Å². The van der Waals surface area contributed by atoms with E-state index in [2.05, 4.69) is 11.1 Å². The number of halogens is 1. The van der Waals surface area contributed by atoms with E-state index in [1.165, 1.54) is 12.8 Å². The predicted octanol–water partition coefficient (Wildman–Crippen LogP) is 3.14. The number of fused-ring (bicyclic) bond motifs is 1. The van der Waals surface area contributed by atoms with Crippen LogP contribution in [-0.2, 0) is 12.8 Å². The van der Waals surface area contributed by atoms with Crippen molar-refractivity contribution in [3.63, 3.8) is 0 Å². The SMILES string of the molecule is N#Cc1c(Cl)nc2c(c1C#N)CCCCCC2. The topological polar surface area (TPSA) is 60.5 Å². The maximum Gasteiger partial charge on any atom is 0.148 e. The molecule has 0 radical (unpaired) electrons. The van der Waals surface area contributed by atoms with Crippen LogP contribution in [0.25, 0.3) is 0 Å². The normalized spacial score (nSPS) is 15.0. The van der Waals surface area contributed by atoms with E-state index in [-0.39, 0.29) is 10.7 Å². The molecule has 0 N–H and O–H groups in total. The summed E-state index contributed by atoms with van der Waals surface area (Å²) >= 11 is 5.95. The van der Waals surface area contributed by atoms with E-state index in [9.17, 15) is 5.26 Å². The van der Waals surface area contributed by atoms with Crippen molar-refractivity contribution in [1.82, 2.24) is 4.98 Å². The van der Waals surface area contributed by atoms with E-state index in [0.29, 0.717) is 5.56 Å². The average Bonchev–Trinajstić information content (AvgIpc) is 2.30. The molecule has 0 atom stereocenters. The molecule has 1 aromatic heterocycles. The van der Waals surface area contributed by atoms with Gasteiger partial charge < -0.3 is 0 Å². The number of aromatic nitrogens is 1. The molecule has 0 aromatic carbocycles. The van der Waals surface area contributed by atoms with Gasteiger partial charge in [-0.2, -0.15) is 10.5 Å². The van der Waals surface area contributed by atoms with E-state index in [0.717, 1.165) is 36.9 Å². The molecule has 4 heteroatoms. The molecule has 1 heterocycles. The molecule has 0 spiro atoms. The summed E-state index contributed by atoms with van der Waals surface area (Å²) < 4.78 is 0. The summed E-state index contributed by atoms with van der Waals surface area (Å²) in [6.45, 7) is 0. The number of aryl methyl sites for hydroxylation is 1. The van der Waals surface area contributed by atoms with E-state index < -0.39 is 0 Å². The van der Waals surface area contributed by atoms with Crippen LogP contribution in [0.5, 0.6) is 0 Å². The van der Waals surface area contributed by atoms with Crippen molar-refractivity contribution in [3.8, 4) is 12.1 Å². The molecule has 1 aliphatic rings. The van der Waals surface area contributed by atoms with Crippen molar-refractivity contribution >= 4 is 11.6 Å². The second-order valence-electron chi connectivity index (χ2n) is 4.22. The Labute approximate surface area is 106 Å². The number of hydrogen-bond acceptors (Lipinski definition) is 3. The fourth-order valence-corrected chi connectivity index (χ4v) is 2.53. The third-order valence-electron chi connectivity index (χ3n) is 3.15. The van der Waals surface area contributed by atoms with Crippen molar-refractivity contribution in [3.05, 3.63) is 27.5 Å². The first-order valence-electron chi connectivity index (χ1n) is 5.79. The van der Waals surface area contributed by atoms with Crippen LogP contribution >= 0.6 is 11.6 Å². The first kappa shape index (κ1) is 11.9. The van der Waals surface area contributed by atoms with Gasteiger partial charge in [0.25, 0.3) is 0 Å². The minimum absolute atomic E-state index is 0.170. The van der Waals surface area contributed by atoms with Crippen molar-refractivity contribution in [1.29, 1.82) is 10.5 Å². The van der Waals surface area contributed by atoms with Crippen LogP contribution in [0, 0.1) is 22.7 Å². The molecule has 0 saturated carbocycles. The van der Waals surface area contributed by atoms with Gasteiger partial charge in [-0.1, -0.05) is 24.4 Å². The van der Waals surface area contributed by atoms with Gasteiger partial charge in [0.05, 0.1) is 5.56 Å². The zero-order chi connectivity index (χ0) is 12.3. The van der Waals surface area contributed by atoms with Gasteiger partial charge in [0.2, 0.25) is 0 Å². The van der Waals surface area contributed by atoms with E-state index in [1.54, 1.807) is 0 Å². The molecule has 0 saturated heterocycles. The van der Waals surface area contributed by atoms with Crippen LogP contribution in [0.15, 0.2) is 0 Å². The van der Waals surface area contributed by atoms with Crippen molar-refractivity contribution < 1.29 is 0 Å². The molecule has 1 aliphatic carbocycles. The fourth-order valence-electron chi connectivity index (χ4n) is 2.29. The highest BCUT2D eigenvalue weighted by Gasteiger charge is 2.19. The summed E-state index contributed by atoms with van der Waals surface area (Å²) in [6.07, 6.45) is 6.19. The first-order valence-corrected chi connectivity index (χ1v) is 6.17. The number of pyridine rings is 1. The first-order chi connectivity index (χ1) is 8.27. The molecule has 2 rings (SSSR count).